The maximum Gasteiger partial charge on any atom is 0.267 e. The summed E-state index contributed by atoms with van der Waals surface area (Å²) in [5.74, 6) is -0.879. The molecule has 0 atom stereocenters. The standard InChI is InChI=1S/C20H17ClN4O2/c21-13-4-2-1-3-12(13)7-15(26)25-14-5-6-24-17(18(23)27)16(14)20-8-19(9-20,10-20)11-22/h1-6H,7-10H2,(H2,23,27)(H,24,25,26). The number of benzene rings is 1. The van der Waals surface area contributed by atoms with Gasteiger partial charge in [0, 0.05) is 27.9 Å². The largest absolute Gasteiger partial charge is 0.364 e. The van der Waals surface area contributed by atoms with Crippen LogP contribution in [0.4, 0.5) is 5.69 Å². The molecule has 2 amide bonds. The first-order valence-corrected chi connectivity index (χ1v) is 9.00. The summed E-state index contributed by atoms with van der Waals surface area (Å²) < 4.78 is 0. The van der Waals surface area contributed by atoms with E-state index in [9.17, 15) is 14.9 Å². The highest BCUT2D eigenvalue weighted by Crippen LogP contribution is 2.74. The summed E-state index contributed by atoms with van der Waals surface area (Å²) in [6, 6.07) is 11.2. The molecule has 3 aliphatic carbocycles. The Morgan fingerprint density at radius 3 is 2.59 bits per heavy atom. The van der Waals surface area contributed by atoms with E-state index in [0.29, 0.717) is 35.5 Å². The summed E-state index contributed by atoms with van der Waals surface area (Å²) in [6.07, 6.45) is 3.56. The van der Waals surface area contributed by atoms with E-state index in [2.05, 4.69) is 16.4 Å². The van der Waals surface area contributed by atoms with Crippen LogP contribution < -0.4 is 11.1 Å². The van der Waals surface area contributed by atoms with Gasteiger partial charge in [0.25, 0.3) is 5.91 Å². The molecule has 3 saturated carbocycles. The van der Waals surface area contributed by atoms with Crippen molar-refractivity contribution in [1.29, 1.82) is 5.26 Å². The molecule has 2 aromatic rings. The van der Waals surface area contributed by atoms with Crippen LogP contribution in [-0.2, 0) is 16.6 Å². The van der Waals surface area contributed by atoms with Gasteiger partial charge in [0.2, 0.25) is 5.91 Å². The molecule has 1 heterocycles. The van der Waals surface area contributed by atoms with E-state index < -0.39 is 5.91 Å². The Hall–Kier alpha value is -2.91. The Balaban J connectivity index is 1.63. The Morgan fingerprint density at radius 1 is 1.26 bits per heavy atom. The van der Waals surface area contributed by atoms with Crippen molar-refractivity contribution in [3.63, 3.8) is 0 Å². The Bertz CT molecular complexity index is 992. The van der Waals surface area contributed by atoms with Gasteiger partial charge < -0.3 is 11.1 Å². The minimum absolute atomic E-state index is 0.114. The predicted molar refractivity (Wildman–Crippen MR) is 100 cm³/mol. The normalized spacial score (nSPS) is 24.9. The Kier molecular flexibility index (Phi) is 3.93. The number of nitrogens with zero attached hydrogens (tertiary/aromatic N) is 2. The quantitative estimate of drug-likeness (QED) is 0.830. The highest BCUT2D eigenvalue weighted by molar-refractivity contribution is 6.31. The van der Waals surface area contributed by atoms with Crippen LogP contribution in [0.15, 0.2) is 36.5 Å². The number of aromatic nitrogens is 1. The predicted octanol–water partition coefficient (Wildman–Crippen LogP) is 2.96. The molecule has 0 spiro atoms. The van der Waals surface area contributed by atoms with Crippen LogP contribution in [0.5, 0.6) is 0 Å². The number of hydrogen-bond acceptors (Lipinski definition) is 4. The van der Waals surface area contributed by atoms with Gasteiger partial charge in [-0.05, 0) is 37.0 Å². The molecule has 6 nitrogen and oxygen atoms in total. The summed E-state index contributed by atoms with van der Waals surface area (Å²) in [6.45, 7) is 0. The van der Waals surface area contributed by atoms with Crippen LogP contribution in [0.3, 0.4) is 0 Å². The van der Waals surface area contributed by atoms with Gasteiger partial charge in [0.15, 0.2) is 0 Å². The fourth-order valence-corrected chi connectivity index (χ4v) is 4.67. The third kappa shape index (κ3) is 2.75. The minimum Gasteiger partial charge on any atom is -0.364 e. The zero-order valence-electron chi connectivity index (χ0n) is 14.5. The van der Waals surface area contributed by atoms with Crippen molar-refractivity contribution >= 4 is 29.1 Å². The molecule has 5 rings (SSSR count). The second-order valence-electron chi connectivity index (χ2n) is 7.47. The number of nitrogens with two attached hydrogens (primary N) is 1. The van der Waals surface area contributed by atoms with Gasteiger partial charge >= 0.3 is 0 Å². The molecule has 1 aromatic carbocycles. The van der Waals surface area contributed by atoms with E-state index in [0.717, 1.165) is 5.56 Å². The minimum atomic E-state index is -0.636. The molecule has 3 N–H and O–H groups in total. The van der Waals surface area contributed by atoms with E-state index in [-0.39, 0.29) is 28.9 Å². The van der Waals surface area contributed by atoms with Gasteiger partial charge in [-0.1, -0.05) is 29.8 Å². The summed E-state index contributed by atoms with van der Waals surface area (Å²) in [5.41, 5.74) is 6.98. The second kappa shape index (κ2) is 6.07. The monoisotopic (exact) mass is 380 g/mol. The number of pyridine rings is 1. The van der Waals surface area contributed by atoms with Crippen molar-refractivity contribution in [2.45, 2.75) is 31.1 Å². The van der Waals surface area contributed by atoms with Crippen molar-refractivity contribution in [2.24, 2.45) is 11.1 Å². The van der Waals surface area contributed by atoms with Gasteiger partial charge in [-0.15, -0.1) is 0 Å². The lowest BCUT2D eigenvalue weighted by atomic mass is 9.34. The van der Waals surface area contributed by atoms with Crippen LogP contribution in [0, 0.1) is 16.7 Å². The van der Waals surface area contributed by atoms with E-state index in [1.807, 2.05) is 6.07 Å². The van der Waals surface area contributed by atoms with Crippen molar-refractivity contribution < 1.29 is 9.59 Å². The van der Waals surface area contributed by atoms with Crippen molar-refractivity contribution in [3.8, 4) is 6.07 Å². The summed E-state index contributed by atoms with van der Waals surface area (Å²) in [7, 11) is 0. The number of carbonyl (C=O) groups is 2. The first kappa shape index (κ1) is 17.5. The molecule has 3 fully saturated rings. The number of anilines is 1. The number of carbonyl (C=O) groups excluding carboxylic acids is 2. The zero-order valence-corrected chi connectivity index (χ0v) is 15.2. The third-order valence-electron chi connectivity index (χ3n) is 5.57. The Morgan fingerprint density at radius 2 is 1.96 bits per heavy atom. The summed E-state index contributed by atoms with van der Waals surface area (Å²) in [5, 5.41) is 12.7. The van der Waals surface area contributed by atoms with E-state index >= 15 is 0 Å². The summed E-state index contributed by atoms with van der Waals surface area (Å²) >= 11 is 6.13. The molecular weight excluding hydrogens is 364 g/mol. The van der Waals surface area contributed by atoms with Gasteiger partial charge in [-0.3, -0.25) is 14.6 Å². The number of hydrogen-bond donors (Lipinski definition) is 2. The lowest BCUT2D eigenvalue weighted by Crippen LogP contribution is -2.64. The highest BCUT2D eigenvalue weighted by Gasteiger charge is 2.70. The number of amides is 2. The van der Waals surface area contributed by atoms with Crippen LogP contribution in [0.1, 0.15) is 40.9 Å². The molecule has 2 bridgehead atoms. The fourth-order valence-electron chi connectivity index (χ4n) is 4.47. The van der Waals surface area contributed by atoms with Gasteiger partial charge in [-0.25, -0.2) is 0 Å². The summed E-state index contributed by atoms with van der Waals surface area (Å²) in [4.78, 5) is 28.6. The molecule has 0 aliphatic heterocycles. The maximum absolute atomic E-state index is 12.6. The van der Waals surface area contributed by atoms with Gasteiger partial charge in [0.1, 0.15) is 5.69 Å². The number of rotatable bonds is 5. The van der Waals surface area contributed by atoms with Gasteiger partial charge in [0.05, 0.1) is 17.9 Å². The Labute approximate surface area is 161 Å². The van der Waals surface area contributed by atoms with Crippen molar-refractivity contribution in [3.05, 3.63) is 58.4 Å². The molecule has 0 saturated heterocycles. The molecule has 136 valence electrons. The van der Waals surface area contributed by atoms with E-state index in [4.69, 9.17) is 17.3 Å². The lowest BCUT2D eigenvalue weighted by molar-refractivity contribution is -0.115. The van der Waals surface area contributed by atoms with Crippen LogP contribution >= 0.6 is 11.6 Å². The fraction of sp³-hybridized carbons (Fsp3) is 0.300. The second-order valence-corrected chi connectivity index (χ2v) is 7.87. The first-order chi connectivity index (χ1) is 12.9. The van der Waals surface area contributed by atoms with E-state index in [1.54, 1.807) is 24.3 Å². The van der Waals surface area contributed by atoms with Gasteiger partial charge in [-0.2, -0.15) is 5.26 Å². The van der Waals surface area contributed by atoms with Crippen molar-refractivity contribution in [2.75, 3.05) is 5.32 Å². The number of halogens is 1. The zero-order chi connectivity index (χ0) is 19.2. The topological polar surface area (TPSA) is 109 Å². The maximum atomic E-state index is 12.6. The SMILES string of the molecule is N#CC12CC(c3c(NC(=O)Cc4ccccc4Cl)ccnc3C(N)=O)(C1)C2. The molecule has 0 radical (unpaired) electrons. The molecule has 0 unspecified atom stereocenters. The molecule has 1 aromatic heterocycles. The molecule has 3 aliphatic rings. The number of nitriles is 1. The van der Waals surface area contributed by atoms with Crippen LogP contribution in [0.2, 0.25) is 5.02 Å². The average Bonchev–Trinajstić information content (AvgIpc) is 2.56. The average molecular weight is 381 g/mol. The lowest BCUT2D eigenvalue weighted by Gasteiger charge is -2.67. The molecule has 27 heavy (non-hydrogen) atoms. The van der Waals surface area contributed by atoms with Crippen LogP contribution in [0.25, 0.3) is 0 Å². The van der Waals surface area contributed by atoms with E-state index in [1.165, 1.54) is 6.20 Å². The highest BCUT2D eigenvalue weighted by atomic mass is 35.5. The first-order valence-electron chi connectivity index (χ1n) is 8.62. The third-order valence-corrected chi connectivity index (χ3v) is 5.93. The van der Waals surface area contributed by atoms with Crippen LogP contribution in [-0.4, -0.2) is 16.8 Å². The molecular formula is C20H17ClN4O2. The smallest absolute Gasteiger partial charge is 0.267 e. The number of primary amides is 1. The van der Waals surface area contributed by atoms with Crippen molar-refractivity contribution in [1.82, 2.24) is 4.98 Å². The number of nitrogens with one attached hydrogen (secondary N) is 1. The molecule has 7 heteroatoms.